The molecule has 2 unspecified atom stereocenters. The standard InChI is InChI=1S/C27H29N3O2/c1-2-3-14-25-28-23-16-18-27(20-31,17-15-21-10-6-4-7-11-21)29-26(23)30(25)19-24(32)22-12-8-5-9-13-22/h4-13,15-18,25,31H,2-3,14,19-20H2,1H3. The van der Waals surface area contributed by atoms with Crippen LogP contribution in [0.5, 0.6) is 0 Å². The second kappa shape index (κ2) is 9.88. The van der Waals surface area contributed by atoms with Crippen molar-refractivity contribution in [1.29, 1.82) is 0 Å². The molecule has 5 nitrogen and oxygen atoms in total. The van der Waals surface area contributed by atoms with Gasteiger partial charge in [-0.1, -0.05) is 86.2 Å². The number of Topliss-reactive ketones (excluding diaryl/α,β-unsaturated/α-hetero) is 1. The molecule has 0 amide bonds. The average Bonchev–Trinajstić information content (AvgIpc) is 3.18. The number of aliphatic hydroxyl groups is 1. The minimum Gasteiger partial charge on any atom is -0.393 e. The summed E-state index contributed by atoms with van der Waals surface area (Å²) in [6, 6.07) is 19.3. The lowest BCUT2D eigenvalue weighted by molar-refractivity contribution is 0.0949. The summed E-state index contributed by atoms with van der Waals surface area (Å²) in [6.45, 7) is 2.20. The van der Waals surface area contributed by atoms with Gasteiger partial charge < -0.3 is 10.0 Å². The molecule has 32 heavy (non-hydrogen) atoms. The summed E-state index contributed by atoms with van der Waals surface area (Å²) in [4.78, 5) is 24.8. The van der Waals surface area contributed by atoms with Gasteiger partial charge in [-0.05, 0) is 30.6 Å². The summed E-state index contributed by atoms with van der Waals surface area (Å²) in [5, 5.41) is 10.3. The zero-order chi connectivity index (χ0) is 22.4. The third-order valence-electron chi connectivity index (χ3n) is 5.84. The number of benzene rings is 2. The Morgan fingerprint density at radius 1 is 1.12 bits per heavy atom. The fourth-order valence-electron chi connectivity index (χ4n) is 3.97. The number of aliphatic hydroxyl groups excluding tert-OH is 1. The molecular weight excluding hydrogens is 398 g/mol. The number of aliphatic imine (C=N–C) groups is 2. The van der Waals surface area contributed by atoms with Crippen LogP contribution in [-0.4, -0.2) is 52.2 Å². The van der Waals surface area contributed by atoms with Gasteiger partial charge in [0, 0.05) is 5.56 Å². The zero-order valence-corrected chi connectivity index (χ0v) is 18.4. The number of hydrogen-bond acceptors (Lipinski definition) is 5. The van der Waals surface area contributed by atoms with Crippen LogP contribution < -0.4 is 0 Å². The van der Waals surface area contributed by atoms with Crippen molar-refractivity contribution in [2.24, 2.45) is 9.98 Å². The van der Waals surface area contributed by atoms with Gasteiger partial charge in [0.15, 0.2) is 11.6 Å². The van der Waals surface area contributed by atoms with Crippen LogP contribution in [0, 0.1) is 0 Å². The van der Waals surface area contributed by atoms with Crippen molar-refractivity contribution < 1.29 is 9.90 Å². The van der Waals surface area contributed by atoms with Crippen molar-refractivity contribution >= 4 is 23.4 Å². The SMILES string of the molecule is CCCCC1N=C2C=CC(C=Cc3ccccc3)(CO)N=C2N1CC(=O)c1ccccc1. The molecule has 1 N–H and O–H groups in total. The van der Waals surface area contributed by atoms with E-state index in [1.54, 1.807) is 0 Å². The number of carbonyl (C=O) groups is 1. The van der Waals surface area contributed by atoms with Crippen LogP contribution in [0.4, 0.5) is 0 Å². The number of dihydropyridines is 1. The molecular formula is C27H29N3O2. The Morgan fingerprint density at radius 3 is 2.53 bits per heavy atom. The van der Waals surface area contributed by atoms with E-state index in [9.17, 15) is 9.90 Å². The monoisotopic (exact) mass is 427 g/mol. The number of hydrogen-bond donors (Lipinski definition) is 1. The maximum atomic E-state index is 13.0. The van der Waals surface area contributed by atoms with Gasteiger partial charge in [0.2, 0.25) is 0 Å². The second-order valence-corrected chi connectivity index (χ2v) is 8.22. The highest BCUT2D eigenvalue weighted by Crippen LogP contribution is 2.28. The maximum Gasteiger partial charge on any atom is 0.182 e. The first-order valence-electron chi connectivity index (χ1n) is 11.2. The van der Waals surface area contributed by atoms with E-state index in [0.29, 0.717) is 11.4 Å². The Morgan fingerprint density at radius 2 is 1.84 bits per heavy atom. The lowest BCUT2D eigenvalue weighted by Gasteiger charge is -2.30. The highest BCUT2D eigenvalue weighted by molar-refractivity contribution is 6.47. The summed E-state index contributed by atoms with van der Waals surface area (Å²) < 4.78 is 0. The molecule has 0 spiro atoms. The predicted molar refractivity (Wildman–Crippen MR) is 130 cm³/mol. The van der Waals surface area contributed by atoms with Crippen LogP contribution in [0.25, 0.3) is 6.08 Å². The van der Waals surface area contributed by atoms with Gasteiger partial charge in [0.25, 0.3) is 0 Å². The topological polar surface area (TPSA) is 65.3 Å². The van der Waals surface area contributed by atoms with Crippen LogP contribution in [0.1, 0.15) is 42.1 Å². The molecule has 164 valence electrons. The Kier molecular flexibility index (Phi) is 6.76. The smallest absolute Gasteiger partial charge is 0.182 e. The molecule has 0 bridgehead atoms. The maximum absolute atomic E-state index is 13.0. The normalized spacial score (nSPS) is 22.1. The number of fused-ring (bicyclic) bond motifs is 1. The van der Waals surface area contributed by atoms with Crippen LogP contribution in [0.3, 0.4) is 0 Å². The Labute approximate surface area is 189 Å². The van der Waals surface area contributed by atoms with E-state index in [1.165, 1.54) is 0 Å². The zero-order valence-electron chi connectivity index (χ0n) is 18.4. The van der Waals surface area contributed by atoms with E-state index in [-0.39, 0.29) is 25.1 Å². The molecule has 0 fully saturated rings. The molecule has 0 saturated carbocycles. The lowest BCUT2D eigenvalue weighted by atomic mass is 9.95. The van der Waals surface area contributed by atoms with Gasteiger partial charge in [0.05, 0.1) is 13.2 Å². The first-order valence-corrected chi connectivity index (χ1v) is 11.2. The first-order chi connectivity index (χ1) is 15.6. The van der Waals surface area contributed by atoms with Crippen molar-refractivity contribution in [3.05, 3.63) is 90.0 Å². The largest absolute Gasteiger partial charge is 0.393 e. The summed E-state index contributed by atoms with van der Waals surface area (Å²) in [6.07, 6.45) is 10.5. The quantitative estimate of drug-likeness (QED) is 0.597. The summed E-state index contributed by atoms with van der Waals surface area (Å²) in [5.41, 5.74) is 1.62. The molecule has 0 radical (unpaired) electrons. The number of unbranched alkanes of at least 4 members (excludes halogenated alkanes) is 1. The minimum absolute atomic E-state index is 0.0372. The molecule has 2 atom stereocenters. The summed E-state index contributed by atoms with van der Waals surface area (Å²) >= 11 is 0. The Balaban J connectivity index is 1.64. The van der Waals surface area contributed by atoms with Gasteiger partial charge in [-0.15, -0.1) is 0 Å². The second-order valence-electron chi connectivity index (χ2n) is 8.22. The number of rotatable bonds is 9. The van der Waals surface area contributed by atoms with E-state index in [4.69, 9.17) is 9.98 Å². The predicted octanol–water partition coefficient (Wildman–Crippen LogP) is 4.56. The van der Waals surface area contributed by atoms with E-state index in [0.717, 1.165) is 30.5 Å². The highest BCUT2D eigenvalue weighted by atomic mass is 16.3. The Hall–Kier alpha value is -3.31. The van der Waals surface area contributed by atoms with Gasteiger partial charge in [-0.25, -0.2) is 4.99 Å². The van der Waals surface area contributed by atoms with Crippen molar-refractivity contribution in [2.75, 3.05) is 13.2 Å². The molecule has 0 aromatic heterocycles. The van der Waals surface area contributed by atoms with Crippen LogP contribution >= 0.6 is 0 Å². The lowest BCUT2D eigenvalue weighted by Crippen LogP contribution is -2.43. The number of nitrogens with zero attached hydrogens (tertiary/aromatic N) is 3. The van der Waals surface area contributed by atoms with Crippen LogP contribution in [-0.2, 0) is 0 Å². The van der Waals surface area contributed by atoms with Gasteiger partial charge in [0.1, 0.15) is 17.4 Å². The first kappa shape index (κ1) is 21.9. The van der Waals surface area contributed by atoms with Gasteiger partial charge in [-0.2, -0.15) is 0 Å². The molecule has 5 heteroatoms. The van der Waals surface area contributed by atoms with Crippen molar-refractivity contribution in [1.82, 2.24) is 4.90 Å². The number of carbonyl (C=O) groups excluding carboxylic acids is 1. The molecule has 2 aromatic rings. The summed E-state index contributed by atoms with van der Waals surface area (Å²) in [7, 11) is 0. The van der Waals surface area contributed by atoms with Crippen molar-refractivity contribution in [3.8, 4) is 0 Å². The average molecular weight is 428 g/mol. The molecule has 0 saturated heterocycles. The van der Waals surface area contributed by atoms with E-state index in [2.05, 4.69) is 6.92 Å². The fraction of sp³-hybridized carbons (Fsp3) is 0.296. The van der Waals surface area contributed by atoms with E-state index < -0.39 is 5.54 Å². The fourth-order valence-corrected chi connectivity index (χ4v) is 3.97. The highest BCUT2D eigenvalue weighted by Gasteiger charge is 2.37. The van der Waals surface area contributed by atoms with Crippen LogP contribution in [0.2, 0.25) is 0 Å². The molecule has 2 heterocycles. The van der Waals surface area contributed by atoms with E-state index >= 15 is 0 Å². The molecule has 0 aliphatic carbocycles. The number of amidine groups is 1. The molecule has 4 rings (SSSR count). The molecule has 2 aliphatic heterocycles. The van der Waals surface area contributed by atoms with Crippen LogP contribution in [0.15, 0.2) is 88.9 Å². The summed E-state index contributed by atoms with van der Waals surface area (Å²) in [5.74, 6) is 0.722. The van der Waals surface area contributed by atoms with Gasteiger partial charge in [-0.3, -0.25) is 9.79 Å². The number of ketones is 1. The minimum atomic E-state index is -0.877. The third kappa shape index (κ3) is 4.78. The van der Waals surface area contributed by atoms with Crippen molar-refractivity contribution in [2.45, 2.75) is 37.9 Å². The van der Waals surface area contributed by atoms with E-state index in [1.807, 2.05) is 89.9 Å². The Bertz CT molecular complexity index is 1060. The van der Waals surface area contributed by atoms with Gasteiger partial charge >= 0.3 is 0 Å². The third-order valence-corrected chi connectivity index (χ3v) is 5.84. The van der Waals surface area contributed by atoms with Crippen molar-refractivity contribution in [3.63, 3.8) is 0 Å². The molecule has 2 aliphatic rings. The molecule has 2 aromatic carbocycles.